The van der Waals surface area contributed by atoms with Gasteiger partial charge >= 0.3 is 12.3 Å². The van der Waals surface area contributed by atoms with Gasteiger partial charge in [-0.2, -0.15) is 0 Å². The lowest BCUT2D eigenvalue weighted by Gasteiger charge is -2.22. The van der Waals surface area contributed by atoms with Crippen molar-refractivity contribution in [3.05, 3.63) is 30.3 Å². The Kier molecular flexibility index (Phi) is 12.2. The van der Waals surface area contributed by atoms with Crippen molar-refractivity contribution in [2.24, 2.45) is 0 Å². The molecular formula is C21H32O5. The van der Waals surface area contributed by atoms with Gasteiger partial charge < -0.3 is 14.2 Å². The Labute approximate surface area is 157 Å². The van der Waals surface area contributed by atoms with Crippen molar-refractivity contribution in [3.8, 4) is 5.75 Å². The number of benzene rings is 1. The molecule has 2 atom stereocenters. The molecule has 0 heterocycles. The second-order valence-corrected chi connectivity index (χ2v) is 6.40. The summed E-state index contributed by atoms with van der Waals surface area (Å²) in [5.74, 6) is -0.316. The molecule has 0 amide bonds. The van der Waals surface area contributed by atoms with Crippen molar-refractivity contribution >= 4 is 12.4 Å². The van der Waals surface area contributed by atoms with Crippen LogP contribution in [-0.4, -0.2) is 24.8 Å². The summed E-state index contributed by atoms with van der Waals surface area (Å²) >= 11 is 0. The molecule has 0 aliphatic rings. The average Bonchev–Trinajstić information content (AvgIpc) is 2.65. The smallest absolute Gasteiger partial charge is 0.381 e. The molecule has 0 saturated carbocycles. The lowest BCUT2D eigenvalue weighted by atomic mass is 10.0. The molecular weight excluding hydrogens is 332 g/mol. The van der Waals surface area contributed by atoms with Gasteiger partial charge in [-0.3, -0.25) is 4.79 Å². The zero-order chi connectivity index (χ0) is 19.0. The Bertz CT molecular complexity index is 488. The van der Waals surface area contributed by atoms with E-state index in [2.05, 4.69) is 13.8 Å². The highest BCUT2D eigenvalue weighted by Crippen LogP contribution is 2.18. The zero-order valence-electron chi connectivity index (χ0n) is 16.0. The summed E-state index contributed by atoms with van der Waals surface area (Å²) in [6, 6.07) is 8.69. The summed E-state index contributed by atoms with van der Waals surface area (Å²) < 4.78 is 15.9. The lowest BCUT2D eigenvalue weighted by Crippen LogP contribution is -2.35. The molecule has 0 spiro atoms. The maximum Gasteiger partial charge on any atom is 0.381 e. The van der Waals surface area contributed by atoms with Gasteiger partial charge in [-0.1, -0.05) is 77.0 Å². The highest BCUT2D eigenvalue weighted by Gasteiger charge is 2.27. The van der Waals surface area contributed by atoms with Crippen molar-refractivity contribution in [2.75, 3.05) is 0 Å². The van der Waals surface area contributed by atoms with Gasteiger partial charge in [0.25, 0.3) is 6.47 Å². The van der Waals surface area contributed by atoms with Crippen molar-refractivity contribution in [3.63, 3.8) is 0 Å². The second-order valence-electron chi connectivity index (χ2n) is 6.40. The van der Waals surface area contributed by atoms with Gasteiger partial charge in [-0.25, -0.2) is 4.79 Å². The maximum absolute atomic E-state index is 12.3. The minimum atomic E-state index is -1.33. The first-order chi connectivity index (χ1) is 12.7. The molecule has 1 aromatic rings. The largest absolute Gasteiger partial charge is 0.426 e. The summed E-state index contributed by atoms with van der Waals surface area (Å²) in [6.45, 7) is 4.55. The summed E-state index contributed by atoms with van der Waals surface area (Å²) in [7, 11) is 0. The molecule has 0 saturated heterocycles. The van der Waals surface area contributed by atoms with Crippen LogP contribution in [0.15, 0.2) is 30.3 Å². The van der Waals surface area contributed by atoms with Crippen LogP contribution in [0.25, 0.3) is 0 Å². The Morgan fingerprint density at radius 1 is 0.962 bits per heavy atom. The highest BCUT2D eigenvalue weighted by atomic mass is 16.7. The fourth-order valence-corrected chi connectivity index (χ4v) is 2.72. The third-order valence-corrected chi connectivity index (χ3v) is 4.16. The van der Waals surface area contributed by atoms with Crippen LogP contribution < -0.4 is 4.74 Å². The van der Waals surface area contributed by atoms with Gasteiger partial charge in [0, 0.05) is 0 Å². The number of para-hydroxylation sites is 1. The van der Waals surface area contributed by atoms with Gasteiger partial charge in [-0.05, 0) is 25.0 Å². The van der Waals surface area contributed by atoms with E-state index in [1.54, 1.807) is 24.3 Å². The molecule has 2 unspecified atom stereocenters. The minimum absolute atomic E-state index is 0.119. The van der Waals surface area contributed by atoms with Gasteiger partial charge in [0.1, 0.15) is 5.75 Å². The van der Waals surface area contributed by atoms with Crippen molar-refractivity contribution < 1.29 is 23.8 Å². The number of carbonyl (C=O) groups is 2. The van der Waals surface area contributed by atoms with E-state index >= 15 is 0 Å². The molecule has 26 heavy (non-hydrogen) atoms. The quantitative estimate of drug-likeness (QED) is 0.144. The Morgan fingerprint density at radius 3 is 2.19 bits per heavy atom. The normalized spacial score (nSPS) is 13.0. The minimum Gasteiger partial charge on any atom is -0.426 e. The fraction of sp³-hybridized carbons (Fsp3) is 0.619. The third-order valence-electron chi connectivity index (χ3n) is 4.16. The SMILES string of the molecule is CCCCCCC(CCCCC)OC(OC=O)C(=O)Oc1ccccc1. The number of rotatable bonds is 15. The highest BCUT2D eigenvalue weighted by molar-refractivity contribution is 5.76. The predicted molar refractivity (Wildman–Crippen MR) is 101 cm³/mol. The number of ether oxygens (including phenoxy) is 3. The number of hydrogen-bond donors (Lipinski definition) is 0. The molecule has 1 rings (SSSR count). The van der Waals surface area contributed by atoms with Crippen LogP contribution in [0.3, 0.4) is 0 Å². The molecule has 146 valence electrons. The average molecular weight is 364 g/mol. The van der Waals surface area contributed by atoms with Crippen molar-refractivity contribution in [1.82, 2.24) is 0 Å². The van der Waals surface area contributed by atoms with E-state index in [0.717, 1.165) is 44.9 Å². The van der Waals surface area contributed by atoms with E-state index in [4.69, 9.17) is 14.2 Å². The topological polar surface area (TPSA) is 61.8 Å². The van der Waals surface area contributed by atoms with E-state index < -0.39 is 12.3 Å². The first-order valence-electron chi connectivity index (χ1n) is 9.72. The predicted octanol–water partition coefficient (Wildman–Crippen LogP) is 5.03. The van der Waals surface area contributed by atoms with E-state index in [0.29, 0.717) is 5.75 Å². The zero-order valence-corrected chi connectivity index (χ0v) is 16.0. The van der Waals surface area contributed by atoms with E-state index in [-0.39, 0.29) is 12.6 Å². The Balaban J connectivity index is 2.62. The molecule has 5 heteroatoms. The lowest BCUT2D eigenvalue weighted by molar-refractivity contribution is -0.197. The summed E-state index contributed by atoms with van der Waals surface area (Å²) in [5.41, 5.74) is 0. The summed E-state index contributed by atoms with van der Waals surface area (Å²) in [4.78, 5) is 23.1. The molecule has 1 aromatic carbocycles. The maximum atomic E-state index is 12.3. The first kappa shape index (κ1) is 22.2. The Hall–Kier alpha value is -1.88. The molecule has 0 N–H and O–H groups in total. The molecule has 0 aliphatic heterocycles. The van der Waals surface area contributed by atoms with Gasteiger partial charge in [0.15, 0.2) is 0 Å². The van der Waals surface area contributed by atoms with Crippen LogP contribution in [0.1, 0.15) is 71.6 Å². The Morgan fingerprint density at radius 2 is 1.58 bits per heavy atom. The molecule has 0 fully saturated rings. The number of esters is 1. The second kappa shape index (κ2) is 14.3. The van der Waals surface area contributed by atoms with Gasteiger partial charge in [0.05, 0.1) is 6.10 Å². The monoisotopic (exact) mass is 364 g/mol. The van der Waals surface area contributed by atoms with Crippen LogP contribution in [0.4, 0.5) is 0 Å². The van der Waals surface area contributed by atoms with Crippen LogP contribution in [0.2, 0.25) is 0 Å². The van der Waals surface area contributed by atoms with Crippen LogP contribution in [0, 0.1) is 0 Å². The van der Waals surface area contributed by atoms with Crippen molar-refractivity contribution in [1.29, 1.82) is 0 Å². The molecule has 5 nitrogen and oxygen atoms in total. The van der Waals surface area contributed by atoms with E-state index in [1.165, 1.54) is 12.8 Å². The summed E-state index contributed by atoms with van der Waals surface area (Å²) in [5, 5.41) is 0. The third kappa shape index (κ3) is 9.56. The standard InChI is InChI=1S/C21H32O5/c1-3-5-7-10-16-19(13-9-6-4-2)26-21(24-17-22)20(23)25-18-14-11-8-12-15-18/h8,11-12,14-15,17,19,21H,3-7,9-10,13,16H2,1-2H3. The fourth-order valence-electron chi connectivity index (χ4n) is 2.72. The first-order valence-corrected chi connectivity index (χ1v) is 9.72. The van der Waals surface area contributed by atoms with Crippen molar-refractivity contribution in [2.45, 2.75) is 84.0 Å². The van der Waals surface area contributed by atoms with Crippen LogP contribution in [0.5, 0.6) is 5.75 Å². The molecule has 0 aliphatic carbocycles. The van der Waals surface area contributed by atoms with Gasteiger partial charge in [0.2, 0.25) is 0 Å². The van der Waals surface area contributed by atoms with E-state index in [1.807, 2.05) is 6.07 Å². The number of hydrogen-bond acceptors (Lipinski definition) is 5. The summed E-state index contributed by atoms with van der Waals surface area (Å²) in [6.07, 6.45) is 8.03. The van der Waals surface area contributed by atoms with Crippen LogP contribution in [-0.2, 0) is 19.1 Å². The van der Waals surface area contributed by atoms with Gasteiger partial charge in [-0.15, -0.1) is 0 Å². The van der Waals surface area contributed by atoms with E-state index in [9.17, 15) is 9.59 Å². The van der Waals surface area contributed by atoms with Crippen LogP contribution >= 0.6 is 0 Å². The molecule has 0 bridgehead atoms. The molecule has 0 radical (unpaired) electrons. The number of carbonyl (C=O) groups excluding carboxylic acids is 2. The molecule has 0 aromatic heterocycles. The number of unbranched alkanes of at least 4 members (excludes halogenated alkanes) is 5.